The summed E-state index contributed by atoms with van der Waals surface area (Å²) in [5.74, 6) is -5.27. The highest BCUT2D eigenvalue weighted by Gasteiger charge is 2.48. The van der Waals surface area contributed by atoms with Gasteiger partial charge >= 0.3 is 24.1 Å². The number of aromatic nitrogens is 8. The van der Waals surface area contributed by atoms with Gasteiger partial charge in [-0.2, -0.15) is 20.4 Å². The molecule has 30 nitrogen and oxygen atoms in total. The minimum Gasteiger partial charge on any atom is -0.431 e. The molecule has 1 saturated carbocycles. The van der Waals surface area contributed by atoms with Gasteiger partial charge in [-0.25, -0.2) is 4.79 Å². The van der Waals surface area contributed by atoms with Crippen LogP contribution in [0.5, 0.6) is 23.0 Å². The predicted molar refractivity (Wildman–Crippen MR) is 538 cm³/mol. The molecule has 143 heavy (non-hydrogen) atoms. The minimum atomic E-state index is -1.04. The Kier molecular flexibility index (Phi) is 33.2. The SMILES string of the molecule is CC(C)CC(=O)Oc1c2n(ncc1=O)C(C(c1ccccc1)c1ccccc1)CN(C(C)C)C2=O.CC(C)N1CC(C(c2ccccc2)c2ccccc2)n2ncc(=O)c(OC(=O)C3CCCC3)c2C1=O.CC(C)N1CC(C(c2ccccc2)c2ccccc2)n2ncc(=O)c(OC(=O)C3CCOCC3)c2C1=O.CC(C)OC(=O)Oc1c2n(ncc1=O)C(C(c1ccccc1)c1ccccc1)CN(C(C)C)C2=O. The van der Waals surface area contributed by atoms with Gasteiger partial charge in [0, 0.05) is 93.7 Å². The van der Waals surface area contributed by atoms with Crippen molar-refractivity contribution in [2.75, 3.05) is 39.4 Å². The Morgan fingerprint density at radius 2 is 0.531 bits per heavy atom. The number of amides is 4. The van der Waals surface area contributed by atoms with E-state index in [0.29, 0.717) is 52.2 Å². The van der Waals surface area contributed by atoms with Crippen LogP contribution in [0.15, 0.2) is 287 Å². The van der Waals surface area contributed by atoms with E-state index in [-0.39, 0.29) is 160 Å². The van der Waals surface area contributed by atoms with Crippen LogP contribution in [-0.2, 0) is 23.9 Å². The molecule has 4 amide bonds. The first kappa shape index (κ1) is 102. The first-order chi connectivity index (χ1) is 69.0. The Labute approximate surface area is 830 Å². The molecule has 1 aliphatic carbocycles. The van der Waals surface area contributed by atoms with E-state index in [0.717, 1.165) is 88.8 Å². The number of benzene rings is 8. The van der Waals surface area contributed by atoms with Crippen molar-refractivity contribution in [2.45, 2.75) is 206 Å². The van der Waals surface area contributed by atoms with Crippen molar-refractivity contribution >= 4 is 47.7 Å². The highest BCUT2D eigenvalue weighted by atomic mass is 16.7. The highest BCUT2D eigenvalue weighted by Crippen LogP contribution is 2.46. The number of carbonyl (C=O) groups excluding carboxylic acids is 8. The van der Waals surface area contributed by atoms with Crippen molar-refractivity contribution in [2.24, 2.45) is 17.8 Å². The van der Waals surface area contributed by atoms with Gasteiger partial charge in [0.25, 0.3) is 23.6 Å². The van der Waals surface area contributed by atoms with Crippen LogP contribution in [0.25, 0.3) is 0 Å². The van der Waals surface area contributed by atoms with Crippen LogP contribution in [0, 0.1) is 17.8 Å². The Morgan fingerprint density at radius 3 is 0.755 bits per heavy atom. The van der Waals surface area contributed by atoms with E-state index in [1.807, 2.05) is 239 Å². The zero-order valence-electron chi connectivity index (χ0n) is 82.5. The molecular formula is C113H122N12O18. The summed E-state index contributed by atoms with van der Waals surface area (Å²) in [6.45, 7) is 25.1. The third-order valence-electron chi connectivity index (χ3n) is 26.8. The van der Waals surface area contributed by atoms with Crippen LogP contribution < -0.4 is 40.7 Å². The third-order valence-corrected chi connectivity index (χ3v) is 26.8. The second-order valence-electron chi connectivity index (χ2n) is 38.5. The van der Waals surface area contributed by atoms with Crippen LogP contribution in [0.1, 0.15) is 262 Å². The molecule has 1 saturated heterocycles. The number of nitrogens with zero attached hydrogens (tertiary/aromatic N) is 12. The van der Waals surface area contributed by atoms with E-state index in [9.17, 15) is 57.5 Å². The lowest BCUT2D eigenvalue weighted by Crippen LogP contribution is -2.50. The highest BCUT2D eigenvalue weighted by molar-refractivity contribution is 5.99. The predicted octanol–water partition coefficient (Wildman–Crippen LogP) is 17.2. The Balaban J connectivity index is 0.000000144. The van der Waals surface area contributed by atoms with E-state index in [1.165, 1.54) is 10.9 Å². The molecule has 5 aliphatic heterocycles. The van der Waals surface area contributed by atoms with Gasteiger partial charge in [-0.15, -0.1) is 0 Å². The first-order valence-corrected chi connectivity index (χ1v) is 49.2. The van der Waals surface area contributed by atoms with Crippen molar-refractivity contribution in [3.8, 4) is 23.0 Å². The topological polar surface area (TPSA) is 344 Å². The summed E-state index contributed by atoms with van der Waals surface area (Å²) in [4.78, 5) is 164. The monoisotopic (exact) mass is 1930 g/mol. The number of hydrogen-bond acceptors (Lipinski definition) is 22. The van der Waals surface area contributed by atoms with E-state index in [2.05, 4.69) is 93.2 Å². The molecular weight excluding hydrogens is 1810 g/mol. The van der Waals surface area contributed by atoms with E-state index < -0.39 is 57.8 Å². The summed E-state index contributed by atoms with van der Waals surface area (Å²) < 4.78 is 39.0. The molecule has 6 aliphatic rings. The zero-order valence-corrected chi connectivity index (χ0v) is 82.5. The second-order valence-corrected chi connectivity index (χ2v) is 38.5. The lowest BCUT2D eigenvalue weighted by Gasteiger charge is -2.41. The molecule has 9 heterocycles. The fourth-order valence-electron chi connectivity index (χ4n) is 19.8. The summed E-state index contributed by atoms with van der Waals surface area (Å²) in [6.07, 6.45) is 7.64. The van der Waals surface area contributed by atoms with E-state index in [4.69, 9.17) is 28.4 Å². The second kappa shape index (κ2) is 46.5. The maximum atomic E-state index is 13.7. The number of carbonyl (C=O) groups is 8. The Bertz CT molecular complexity index is 6380. The number of esters is 3. The average molecular weight is 1940 g/mol. The number of fused-ring (bicyclic) bond motifs is 4. The number of rotatable bonds is 25. The standard InChI is InChI=1S/C29H31N3O5.C29H31N3O4.C28H31N3O4.C27H29N3O5/c1-19(2)31-18-23(25(20-9-5-3-6-10-20)21-11-7-4-8-12-21)32-26(28(31)34)27(24(33)17-30-32)37-29(35)22-13-15-36-16-14-22;1-19(2)31-18-23(25(20-11-5-3-6-12-20)21-13-7-4-8-14-21)32-26(28(31)34)27(24(33)17-30-32)36-29(35)22-15-9-10-16-22;1-18(2)15-24(33)35-27-23(32)16-29-31-22(17-30(19(3)4)28(34)26(27)31)25(20-11-7-5-8-12-20)21-13-9-6-10-14-21;1-17(2)29-16-21(23(19-11-7-5-8-12-19)20-13-9-6-10-14-20)30-24(26(29)32)25(22(31)15-28-30)35-27(33)34-18(3)4/h3-12,17,19,22-23,25H,13-16,18H2,1-2H3;3-8,11-14,17,19,22-23,25H,9-10,15-16,18H2,1-2H3;5-14,16,18-19,22,25H,15,17H2,1-4H3;5-15,17-18,21,23H,16H2,1-4H3. The molecule has 0 radical (unpaired) electrons. The minimum absolute atomic E-state index is 0.0229. The van der Waals surface area contributed by atoms with Crippen molar-refractivity contribution in [3.05, 3.63) is 376 Å². The molecule has 30 heteroatoms. The van der Waals surface area contributed by atoms with Crippen LogP contribution >= 0.6 is 0 Å². The van der Waals surface area contributed by atoms with Crippen LogP contribution in [0.3, 0.4) is 0 Å². The summed E-state index contributed by atoms with van der Waals surface area (Å²) in [6, 6.07) is 78.4. The molecule has 0 N–H and O–H groups in total. The molecule has 18 rings (SSSR count). The lowest BCUT2D eigenvalue weighted by atomic mass is 9.83. The van der Waals surface area contributed by atoms with Gasteiger partial charge in [0.1, 0.15) is 0 Å². The number of ether oxygens (including phenoxy) is 6. The normalized spacial score (nSPS) is 16.9. The van der Waals surface area contributed by atoms with E-state index in [1.54, 1.807) is 47.5 Å². The van der Waals surface area contributed by atoms with Crippen molar-refractivity contribution in [1.29, 1.82) is 0 Å². The van der Waals surface area contributed by atoms with Crippen LogP contribution in [0.4, 0.5) is 4.79 Å². The summed E-state index contributed by atoms with van der Waals surface area (Å²) in [5, 5.41) is 17.7. The smallest absolute Gasteiger partial charge is 0.431 e. The average Bonchev–Trinajstić information content (AvgIpc) is 0.866. The summed E-state index contributed by atoms with van der Waals surface area (Å²) in [7, 11) is 0. The van der Waals surface area contributed by atoms with Crippen LogP contribution in [-0.4, -0.2) is 176 Å². The van der Waals surface area contributed by atoms with Gasteiger partial charge in [-0.05, 0) is 145 Å². The largest absolute Gasteiger partial charge is 0.514 e. The fraction of sp³-hybridized carbons (Fsp3) is 0.363. The molecule has 2 fully saturated rings. The fourth-order valence-corrected chi connectivity index (χ4v) is 19.8. The van der Waals surface area contributed by atoms with Gasteiger partial charge in [0.2, 0.25) is 44.7 Å². The molecule has 742 valence electrons. The third kappa shape index (κ3) is 23.2. The van der Waals surface area contributed by atoms with Gasteiger partial charge in [0.05, 0.1) is 66.9 Å². The van der Waals surface area contributed by atoms with Crippen molar-refractivity contribution in [1.82, 2.24) is 58.7 Å². The quantitative estimate of drug-likeness (QED) is 0.0480. The maximum Gasteiger partial charge on any atom is 0.514 e. The Hall–Kier alpha value is -15.2. The molecule has 0 spiro atoms. The van der Waals surface area contributed by atoms with Crippen molar-refractivity contribution < 1.29 is 66.8 Å². The van der Waals surface area contributed by atoms with Crippen molar-refractivity contribution in [3.63, 3.8) is 0 Å². The molecule has 0 bridgehead atoms. The summed E-state index contributed by atoms with van der Waals surface area (Å²) in [5.41, 5.74) is 6.12. The molecule has 4 unspecified atom stereocenters. The first-order valence-electron chi connectivity index (χ1n) is 49.2. The van der Waals surface area contributed by atoms with Crippen LogP contribution in [0.2, 0.25) is 0 Å². The number of hydrogen-bond donors (Lipinski definition) is 0. The molecule has 4 atom stereocenters. The molecule has 12 aromatic rings. The van der Waals surface area contributed by atoms with Gasteiger partial charge in [-0.3, -0.25) is 71.5 Å². The van der Waals surface area contributed by atoms with Gasteiger partial charge in [0.15, 0.2) is 22.8 Å². The van der Waals surface area contributed by atoms with Gasteiger partial charge < -0.3 is 48.0 Å². The molecule has 4 aromatic heterocycles. The summed E-state index contributed by atoms with van der Waals surface area (Å²) >= 11 is 0. The zero-order chi connectivity index (χ0) is 101. The molecule has 8 aromatic carbocycles. The van der Waals surface area contributed by atoms with E-state index >= 15 is 0 Å². The maximum absolute atomic E-state index is 13.7. The van der Waals surface area contributed by atoms with Gasteiger partial charge in [-0.1, -0.05) is 269 Å². The lowest BCUT2D eigenvalue weighted by molar-refractivity contribution is -0.142. The Morgan fingerprint density at radius 1 is 0.308 bits per heavy atom.